The lowest BCUT2D eigenvalue weighted by Crippen LogP contribution is -2.23. The zero-order valence-electron chi connectivity index (χ0n) is 9.35. The fourth-order valence-electron chi connectivity index (χ4n) is 1.31. The van der Waals surface area contributed by atoms with Gasteiger partial charge in [0.1, 0.15) is 5.82 Å². The van der Waals surface area contributed by atoms with Gasteiger partial charge in [0, 0.05) is 6.04 Å². The van der Waals surface area contributed by atoms with Gasteiger partial charge in [0.15, 0.2) is 0 Å². The predicted octanol–water partition coefficient (Wildman–Crippen LogP) is 3.79. The molecule has 0 unspecified atom stereocenters. The number of hydrogen-bond donors (Lipinski definition) is 1. The van der Waals surface area contributed by atoms with Gasteiger partial charge < -0.3 is 5.32 Å². The van der Waals surface area contributed by atoms with E-state index in [1.165, 1.54) is 6.07 Å². The third kappa shape index (κ3) is 3.80. The highest BCUT2D eigenvalue weighted by atomic mass is 35.5. The van der Waals surface area contributed by atoms with E-state index in [9.17, 15) is 4.39 Å². The summed E-state index contributed by atoms with van der Waals surface area (Å²) in [6.07, 6.45) is 0. The van der Waals surface area contributed by atoms with E-state index in [0.29, 0.717) is 5.92 Å². The average molecular weight is 230 g/mol. The van der Waals surface area contributed by atoms with Gasteiger partial charge in [-0.2, -0.15) is 0 Å². The Balaban J connectivity index is 2.65. The van der Waals surface area contributed by atoms with E-state index in [-0.39, 0.29) is 16.9 Å². The highest BCUT2D eigenvalue weighted by Crippen LogP contribution is 2.20. The summed E-state index contributed by atoms with van der Waals surface area (Å²) in [4.78, 5) is 0. The first kappa shape index (κ1) is 12.5. The predicted molar refractivity (Wildman–Crippen MR) is 62.7 cm³/mol. The lowest BCUT2D eigenvalue weighted by atomic mass is 10.1. The van der Waals surface area contributed by atoms with Gasteiger partial charge in [-0.05, 0) is 37.1 Å². The van der Waals surface area contributed by atoms with Crippen molar-refractivity contribution < 1.29 is 4.39 Å². The summed E-state index contributed by atoms with van der Waals surface area (Å²) >= 11 is 5.72. The summed E-state index contributed by atoms with van der Waals surface area (Å²) in [7, 11) is 0. The van der Waals surface area contributed by atoms with Crippen molar-refractivity contribution in [2.24, 2.45) is 5.92 Å². The van der Waals surface area contributed by atoms with E-state index in [1.54, 1.807) is 12.1 Å². The van der Waals surface area contributed by atoms with Gasteiger partial charge in [-0.15, -0.1) is 0 Å². The molecule has 0 aliphatic heterocycles. The first-order valence-electron chi connectivity index (χ1n) is 5.19. The van der Waals surface area contributed by atoms with Crippen molar-refractivity contribution in [3.8, 4) is 0 Å². The van der Waals surface area contributed by atoms with Crippen LogP contribution in [0.5, 0.6) is 0 Å². The van der Waals surface area contributed by atoms with Crippen LogP contribution in [0.15, 0.2) is 18.2 Å². The molecule has 1 aromatic rings. The molecule has 1 rings (SSSR count). The Bertz CT molecular complexity index is 325. The number of benzene rings is 1. The smallest absolute Gasteiger partial charge is 0.141 e. The normalized spacial score (nSPS) is 13.2. The van der Waals surface area contributed by atoms with Gasteiger partial charge in [0.2, 0.25) is 0 Å². The first-order valence-corrected chi connectivity index (χ1v) is 5.57. The van der Waals surface area contributed by atoms with Crippen molar-refractivity contribution in [3.05, 3.63) is 34.6 Å². The van der Waals surface area contributed by atoms with Crippen molar-refractivity contribution >= 4 is 11.6 Å². The first-order chi connectivity index (χ1) is 7.00. The van der Waals surface area contributed by atoms with Crippen molar-refractivity contribution in [1.29, 1.82) is 0 Å². The molecule has 0 radical (unpaired) electrons. The SMILES string of the molecule is CC(C)CN[C@H](C)c1ccc(F)c(Cl)c1. The molecule has 3 heteroatoms. The van der Waals surface area contributed by atoms with E-state index in [4.69, 9.17) is 11.6 Å². The molecule has 0 saturated carbocycles. The molecule has 0 spiro atoms. The van der Waals surface area contributed by atoms with Crippen LogP contribution in [0, 0.1) is 11.7 Å². The third-order valence-corrected chi connectivity index (χ3v) is 2.57. The summed E-state index contributed by atoms with van der Waals surface area (Å²) in [5.74, 6) is 0.236. The van der Waals surface area contributed by atoms with E-state index >= 15 is 0 Å². The van der Waals surface area contributed by atoms with E-state index in [2.05, 4.69) is 19.2 Å². The molecule has 0 fully saturated rings. The molecule has 0 bridgehead atoms. The van der Waals surface area contributed by atoms with Gasteiger partial charge in [0.25, 0.3) is 0 Å². The van der Waals surface area contributed by atoms with E-state index in [1.807, 2.05) is 6.92 Å². The minimum atomic E-state index is -0.364. The molecule has 1 atom stereocenters. The topological polar surface area (TPSA) is 12.0 Å². The van der Waals surface area contributed by atoms with Gasteiger partial charge in [-0.3, -0.25) is 0 Å². The summed E-state index contributed by atoms with van der Waals surface area (Å²) in [5, 5.41) is 3.55. The average Bonchev–Trinajstić information content (AvgIpc) is 2.18. The molecule has 84 valence electrons. The van der Waals surface area contributed by atoms with Gasteiger partial charge in [0.05, 0.1) is 5.02 Å². The largest absolute Gasteiger partial charge is 0.310 e. The Hall–Kier alpha value is -0.600. The van der Waals surface area contributed by atoms with Gasteiger partial charge in [-0.1, -0.05) is 31.5 Å². The van der Waals surface area contributed by atoms with Crippen LogP contribution in [0.2, 0.25) is 5.02 Å². The molecule has 1 N–H and O–H groups in total. The van der Waals surface area contributed by atoms with Crippen molar-refractivity contribution in [3.63, 3.8) is 0 Å². The van der Waals surface area contributed by atoms with E-state index < -0.39 is 0 Å². The van der Waals surface area contributed by atoms with Crippen molar-refractivity contribution in [1.82, 2.24) is 5.32 Å². The van der Waals surface area contributed by atoms with Crippen LogP contribution < -0.4 is 5.32 Å². The molecule has 0 aliphatic rings. The monoisotopic (exact) mass is 229 g/mol. The molecule has 0 aliphatic carbocycles. The number of rotatable bonds is 4. The number of nitrogens with one attached hydrogen (secondary N) is 1. The van der Waals surface area contributed by atoms with Gasteiger partial charge in [-0.25, -0.2) is 4.39 Å². The highest BCUT2D eigenvalue weighted by Gasteiger charge is 2.08. The summed E-state index contributed by atoms with van der Waals surface area (Å²) < 4.78 is 12.9. The lowest BCUT2D eigenvalue weighted by Gasteiger charge is -2.16. The van der Waals surface area contributed by atoms with Crippen LogP contribution in [0.25, 0.3) is 0 Å². The Labute approximate surface area is 95.6 Å². The quantitative estimate of drug-likeness (QED) is 0.829. The Morgan fingerprint density at radius 3 is 2.53 bits per heavy atom. The molecule has 0 saturated heterocycles. The maximum Gasteiger partial charge on any atom is 0.141 e. The fraction of sp³-hybridized carbons (Fsp3) is 0.500. The minimum Gasteiger partial charge on any atom is -0.310 e. The molecule has 15 heavy (non-hydrogen) atoms. The molecular weight excluding hydrogens is 213 g/mol. The standard InChI is InChI=1S/C12H17ClFN/c1-8(2)7-15-9(3)10-4-5-12(14)11(13)6-10/h4-6,8-9,15H,7H2,1-3H3/t9-/m1/s1. The zero-order valence-corrected chi connectivity index (χ0v) is 10.1. The van der Waals surface area contributed by atoms with Crippen LogP contribution in [0.3, 0.4) is 0 Å². The van der Waals surface area contributed by atoms with Crippen molar-refractivity contribution in [2.75, 3.05) is 6.54 Å². The fourth-order valence-corrected chi connectivity index (χ4v) is 1.50. The zero-order chi connectivity index (χ0) is 11.4. The van der Waals surface area contributed by atoms with Crippen LogP contribution in [-0.4, -0.2) is 6.54 Å². The summed E-state index contributed by atoms with van der Waals surface area (Å²) in [6, 6.07) is 5.05. The molecule has 0 heterocycles. The van der Waals surface area contributed by atoms with E-state index in [0.717, 1.165) is 12.1 Å². The molecule has 0 aromatic heterocycles. The molecule has 1 nitrogen and oxygen atoms in total. The molecule has 1 aromatic carbocycles. The van der Waals surface area contributed by atoms with Crippen molar-refractivity contribution in [2.45, 2.75) is 26.8 Å². The maximum atomic E-state index is 12.9. The highest BCUT2D eigenvalue weighted by molar-refractivity contribution is 6.30. The van der Waals surface area contributed by atoms with Crippen LogP contribution in [0.4, 0.5) is 4.39 Å². The summed E-state index contributed by atoms with van der Waals surface area (Å²) in [6.45, 7) is 7.29. The maximum absolute atomic E-state index is 12.9. The second kappa shape index (κ2) is 5.47. The Morgan fingerprint density at radius 1 is 1.33 bits per heavy atom. The third-order valence-electron chi connectivity index (χ3n) is 2.28. The van der Waals surface area contributed by atoms with Crippen LogP contribution >= 0.6 is 11.6 Å². The molecule has 0 amide bonds. The number of halogens is 2. The minimum absolute atomic E-state index is 0.186. The Morgan fingerprint density at radius 2 is 2.00 bits per heavy atom. The lowest BCUT2D eigenvalue weighted by molar-refractivity contribution is 0.495. The second-order valence-corrected chi connectivity index (χ2v) is 4.60. The van der Waals surface area contributed by atoms with Crippen LogP contribution in [0.1, 0.15) is 32.4 Å². The second-order valence-electron chi connectivity index (χ2n) is 4.20. The van der Waals surface area contributed by atoms with Crippen LogP contribution in [-0.2, 0) is 0 Å². The Kier molecular flexibility index (Phi) is 4.55. The summed E-state index contributed by atoms with van der Waals surface area (Å²) in [5.41, 5.74) is 1.02. The van der Waals surface area contributed by atoms with Gasteiger partial charge >= 0.3 is 0 Å². The molecular formula is C12H17ClFN. The number of hydrogen-bond acceptors (Lipinski definition) is 1.